The Morgan fingerprint density at radius 3 is 1.30 bits per heavy atom. The topological polar surface area (TPSA) is 95.9 Å². The zero-order valence-corrected chi connectivity index (χ0v) is 40.4. The molecule has 3 unspecified atom stereocenters. The van der Waals surface area contributed by atoms with Gasteiger partial charge in [-0.25, -0.2) is 0 Å². The van der Waals surface area contributed by atoms with Gasteiger partial charge in [0, 0.05) is 6.42 Å². The standard InChI is InChI=1S/C54H103NO5/c1-4-7-10-13-16-18-20-22-24-25-26-27-29-31-33-35-38-41-44-47-54(59)60-50(45-42-39-36-15-12-9-6-3)48-53(58)55-51(49-56)52(57)46-43-40-37-34-32-30-28-23-21-19-17-14-11-8-5-2/h16,18,22,24,50-52,56-57H,4-15,17,19-21,23,25-49H2,1-3H3,(H,55,58)/b18-16-,24-22-. The van der Waals surface area contributed by atoms with Crippen LogP contribution >= 0.6 is 0 Å². The van der Waals surface area contributed by atoms with E-state index in [0.29, 0.717) is 19.3 Å². The Labute approximate surface area is 373 Å². The van der Waals surface area contributed by atoms with Crippen molar-refractivity contribution in [3.63, 3.8) is 0 Å². The van der Waals surface area contributed by atoms with Crippen molar-refractivity contribution in [3.8, 4) is 0 Å². The molecule has 0 saturated heterocycles. The molecule has 0 saturated carbocycles. The van der Waals surface area contributed by atoms with Crippen LogP contribution < -0.4 is 5.32 Å². The number of carbonyl (C=O) groups is 2. The average Bonchev–Trinajstić information content (AvgIpc) is 3.24. The number of ether oxygens (including phenoxy) is 1. The summed E-state index contributed by atoms with van der Waals surface area (Å²) in [5, 5.41) is 23.7. The first kappa shape index (κ1) is 58.3. The lowest BCUT2D eigenvalue weighted by molar-refractivity contribution is -0.151. The number of hydrogen-bond acceptors (Lipinski definition) is 5. The van der Waals surface area contributed by atoms with Gasteiger partial charge >= 0.3 is 5.97 Å². The van der Waals surface area contributed by atoms with Crippen LogP contribution in [0.5, 0.6) is 0 Å². The molecule has 0 aliphatic heterocycles. The quantitative estimate of drug-likeness (QED) is 0.0322. The van der Waals surface area contributed by atoms with Crippen molar-refractivity contribution < 1.29 is 24.5 Å². The van der Waals surface area contributed by atoms with Crippen LogP contribution in [0.3, 0.4) is 0 Å². The Morgan fingerprint density at radius 2 is 0.850 bits per heavy atom. The van der Waals surface area contributed by atoms with E-state index in [4.69, 9.17) is 4.74 Å². The minimum absolute atomic E-state index is 0.0799. The molecule has 3 atom stereocenters. The zero-order chi connectivity index (χ0) is 43.8. The smallest absolute Gasteiger partial charge is 0.306 e. The van der Waals surface area contributed by atoms with Crippen molar-refractivity contribution in [2.75, 3.05) is 6.61 Å². The van der Waals surface area contributed by atoms with Gasteiger partial charge in [0.05, 0.1) is 25.2 Å². The molecule has 0 heterocycles. The molecule has 3 N–H and O–H groups in total. The third kappa shape index (κ3) is 43.0. The number of aliphatic hydroxyl groups is 2. The summed E-state index contributed by atoms with van der Waals surface area (Å²) in [6.07, 6.45) is 55.4. The predicted octanol–water partition coefficient (Wildman–Crippen LogP) is 15.9. The fourth-order valence-corrected chi connectivity index (χ4v) is 8.23. The van der Waals surface area contributed by atoms with Gasteiger partial charge in [-0.15, -0.1) is 0 Å². The van der Waals surface area contributed by atoms with Gasteiger partial charge in [-0.05, 0) is 57.8 Å². The van der Waals surface area contributed by atoms with Crippen molar-refractivity contribution in [1.29, 1.82) is 0 Å². The van der Waals surface area contributed by atoms with Gasteiger partial charge in [-0.3, -0.25) is 9.59 Å². The van der Waals surface area contributed by atoms with E-state index in [1.54, 1.807) is 0 Å². The van der Waals surface area contributed by atoms with Crippen molar-refractivity contribution >= 4 is 11.9 Å². The Bertz CT molecular complexity index is 950. The summed E-state index contributed by atoms with van der Waals surface area (Å²) < 4.78 is 5.91. The maximum absolute atomic E-state index is 13.1. The summed E-state index contributed by atoms with van der Waals surface area (Å²) in [6.45, 7) is 6.45. The molecule has 354 valence electrons. The van der Waals surface area contributed by atoms with Crippen LogP contribution in [0.1, 0.15) is 284 Å². The van der Waals surface area contributed by atoms with E-state index in [9.17, 15) is 19.8 Å². The lowest BCUT2D eigenvalue weighted by atomic mass is 10.0. The highest BCUT2D eigenvalue weighted by molar-refractivity contribution is 5.77. The maximum atomic E-state index is 13.1. The van der Waals surface area contributed by atoms with Gasteiger partial charge in [0.15, 0.2) is 0 Å². The first-order valence-electron chi connectivity index (χ1n) is 26.6. The zero-order valence-electron chi connectivity index (χ0n) is 40.4. The molecule has 0 spiro atoms. The van der Waals surface area contributed by atoms with E-state index in [2.05, 4.69) is 50.4 Å². The van der Waals surface area contributed by atoms with Gasteiger partial charge < -0.3 is 20.3 Å². The SMILES string of the molecule is CCCCC/C=C\C/C=C\CCCCCCCCCCCC(=O)OC(CCCCCCCCC)CC(=O)NC(CO)C(O)CCCCCCCCCCCCCCCCC. The molecule has 0 aromatic heterocycles. The van der Waals surface area contributed by atoms with Crippen LogP contribution in [0.4, 0.5) is 0 Å². The molecule has 0 bridgehead atoms. The lowest BCUT2D eigenvalue weighted by Gasteiger charge is -2.24. The normalized spacial score (nSPS) is 13.3. The molecule has 0 radical (unpaired) electrons. The second-order valence-electron chi connectivity index (χ2n) is 18.3. The Balaban J connectivity index is 4.30. The number of allylic oxidation sites excluding steroid dienone is 4. The average molecular weight is 846 g/mol. The van der Waals surface area contributed by atoms with Crippen LogP contribution in [0, 0.1) is 0 Å². The van der Waals surface area contributed by atoms with E-state index >= 15 is 0 Å². The van der Waals surface area contributed by atoms with E-state index in [-0.39, 0.29) is 24.9 Å². The molecule has 1 amide bonds. The maximum Gasteiger partial charge on any atom is 0.306 e. The number of carbonyl (C=O) groups excluding carboxylic acids is 2. The Kier molecular flexibility index (Phi) is 47.0. The van der Waals surface area contributed by atoms with Gasteiger partial charge in [0.25, 0.3) is 0 Å². The number of esters is 1. The van der Waals surface area contributed by atoms with E-state index in [0.717, 1.165) is 51.4 Å². The van der Waals surface area contributed by atoms with Gasteiger partial charge in [-0.2, -0.15) is 0 Å². The summed E-state index contributed by atoms with van der Waals surface area (Å²) in [7, 11) is 0. The molecule has 0 aliphatic rings. The minimum atomic E-state index is -0.783. The molecule has 0 aliphatic carbocycles. The predicted molar refractivity (Wildman–Crippen MR) is 260 cm³/mol. The molecule has 0 rings (SSSR count). The highest BCUT2D eigenvalue weighted by atomic mass is 16.5. The van der Waals surface area contributed by atoms with Gasteiger partial charge in [-0.1, -0.05) is 238 Å². The van der Waals surface area contributed by atoms with Crippen LogP contribution in [0.25, 0.3) is 0 Å². The Hall–Kier alpha value is -1.66. The minimum Gasteiger partial charge on any atom is -0.462 e. The number of amides is 1. The lowest BCUT2D eigenvalue weighted by Crippen LogP contribution is -2.46. The van der Waals surface area contributed by atoms with Crippen LogP contribution in [-0.4, -0.2) is 46.9 Å². The fraction of sp³-hybridized carbons (Fsp3) is 0.889. The summed E-state index contributed by atoms with van der Waals surface area (Å²) in [4.78, 5) is 26.0. The summed E-state index contributed by atoms with van der Waals surface area (Å²) in [5.41, 5.74) is 0. The summed E-state index contributed by atoms with van der Waals surface area (Å²) in [5.74, 6) is -0.470. The van der Waals surface area contributed by atoms with E-state index in [1.807, 2.05) is 0 Å². The molecular formula is C54H103NO5. The molecule has 60 heavy (non-hydrogen) atoms. The molecule has 0 fully saturated rings. The number of aliphatic hydroxyl groups excluding tert-OH is 2. The highest BCUT2D eigenvalue weighted by Crippen LogP contribution is 2.18. The monoisotopic (exact) mass is 846 g/mol. The van der Waals surface area contributed by atoms with Crippen molar-refractivity contribution in [2.24, 2.45) is 0 Å². The number of hydrogen-bond donors (Lipinski definition) is 3. The van der Waals surface area contributed by atoms with Crippen LogP contribution in [0.15, 0.2) is 24.3 Å². The molecule has 6 nitrogen and oxygen atoms in total. The summed E-state index contributed by atoms with van der Waals surface area (Å²) in [6, 6.07) is -0.696. The number of nitrogens with one attached hydrogen (secondary N) is 1. The second-order valence-corrected chi connectivity index (χ2v) is 18.3. The third-order valence-electron chi connectivity index (χ3n) is 12.3. The molecule has 6 heteroatoms. The first-order chi connectivity index (χ1) is 29.5. The molecule has 0 aromatic carbocycles. The molecular weight excluding hydrogens is 743 g/mol. The third-order valence-corrected chi connectivity index (χ3v) is 12.3. The first-order valence-corrected chi connectivity index (χ1v) is 26.6. The van der Waals surface area contributed by atoms with Crippen molar-refractivity contribution in [1.82, 2.24) is 5.32 Å². The van der Waals surface area contributed by atoms with Gasteiger partial charge in [0.1, 0.15) is 6.10 Å². The number of unbranched alkanes of at least 4 members (excludes halogenated alkanes) is 32. The molecule has 0 aromatic rings. The van der Waals surface area contributed by atoms with E-state index in [1.165, 1.54) is 186 Å². The van der Waals surface area contributed by atoms with Gasteiger partial charge in [0.2, 0.25) is 5.91 Å². The van der Waals surface area contributed by atoms with Crippen molar-refractivity contribution in [3.05, 3.63) is 24.3 Å². The second kappa shape index (κ2) is 48.4. The van der Waals surface area contributed by atoms with Crippen LogP contribution in [-0.2, 0) is 14.3 Å². The van der Waals surface area contributed by atoms with Crippen LogP contribution in [0.2, 0.25) is 0 Å². The Morgan fingerprint density at radius 1 is 0.483 bits per heavy atom. The number of rotatable bonds is 48. The highest BCUT2D eigenvalue weighted by Gasteiger charge is 2.24. The van der Waals surface area contributed by atoms with Crippen molar-refractivity contribution in [2.45, 2.75) is 302 Å². The van der Waals surface area contributed by atoms with E-state index < -0.39 is 18.2 Å². The fourth-order valence-electron chi connectivity index (χ4n) is 8.23. The summed E-state index contributed by atoms with van der Waals surface area (Å²) >= 11 is 0. The largest absolute Gasteiger partial charge is 0.462 e.